The van der Waals surface area contributed by atoms with E-state index in [4.69, 9.17) is 5.26 Å². The minimum atomic E-state index is -0.488. The Bertz CT molecular complexity index is 726. The Hall–Kier alpha value is -3.26. The van der Waals surface area contributed by atoms with Gasteiger partial charge in [0.05, 0.1) is 0 Å². The number of carbonyl (C=O) groups is 1. The number of amides is 1. The Morgan fingerprint density at radius 2 is 1.68 bits per heavy atom. The van der Waals surface area contributed by atoms with E-state index in [-0.39, 0.29) is 11.3 Å². The first-order chi connectivity index (χ1) is 10.6. The van der Waals surface area contributed by atoms with Crippen molar-refractivity contribution in [2.24, 2.45) is 0 Å². The van der Waals surface area contributed by atoms with Gasteiger partial charge in [-0.05, 0) is 43.3 Å². The van der Waals surface area contributed by atoms with Crippen LogP contribution in [0.1, 0.15) is 5.56 Å². The summed E-state index contributed by atoms with van der Waals surface area (Å²) in [5.41, 5.74) is 2.33. The summed E-state index contributed by atoms with van der Waals surface area (Å²) in [5, 5.41) is 23.8. The van der Waals surface area contributed by atoms with Crippen molar-refractivity contribution in [3.8, 4) is 11.8 Å². The molecule has 0 atom stereocenters. The highest BCUT2D eigenvalue weighted by atomic mass is 16.3. The van der Waals surface area contributed by atoms with Crippen LogP contribution in [0.25, 0.3) is 0 Å². The van der Waals surface area contributed by atoms with E-state index >= 15 is 0 Å². The predicted octanol–water partition coefficient (Wildman–Crippen LogP) is 3.16. The molecule has 2 aromatic carbocycles. The summed E-state index contributed by atoms with van der Waals surface area (Å²) in [6.07, 6.45) is 1.33. The highest BCUT2D eigenvalue weighted by Crippen LogP contribution is 2.14. The number of carbonyl (C=O) groups excluding carboxylic acids is 1. The molecule has 0 spiro atoms. The molecule has 0 fully saturated rings. The van der Waals surface area contributed by atoms with Crippen LogP contribution >= 0.6 is 0 Å². The van der Waals surface area contributed by atoms with E-state index in [1.54, 1.807) is 24.3 Å². The second-order valence-electron chi connectivity index (χ2n) is 4.68. The molecular formula is C17H15N3O2. The number of aryl methyl sites for hydroxylation is 1. The van der Waals surface area contributed by atoms with Gasteiger partial charge >= 0.3 is 0 Å². The molecule has 2 rings (SSSR count). The molecule has 0 aliphatic heterocycles. The maximum absolute atomic E-state index is 12.0. The van der Waals surface area contributed by atoms with Gasteiger partial charge in [0.25, 0.3) is 5.91 Å². The quantitative estimate of drug-likeness (QED) is 0.459. The van der Waals surface area contributed by atoms with E-state index in [1.165, 1.54) is 18.3 Å². The summed E-state index contributed by atoms with van der Waals surface area (Å²) in [4.78, 5) is 12.0. The molecule has 110 valence electrons. The minimum Gasteiger partial charge on any atom is -0.508 e. The third kappa shape index (κ3) is 4.12. The van der Waals surface area contributed by atoms with E-state index in [9.17, 15) is 9.90 Å². The summed E-state index contributed by atoms with van der Waals surface area (Å²) in [5.74, 6) is -0.343. The fraction of sp³-hybridized carbons (Fsp3) is 0.0588. The summed E-state index contributed by atoms with van der Waals surface area (Å²) >= 11 is 0. The molecule has 5 heteroatoms. The van der Waals surface area contributed by atoms with E-state index in [1.807, 2.05) is 25.1 Å². The number of phenolic OH excluding ortho intramolecular Hbond substituents is 1. The molecule has 0 radical (unpaired) electrons. The van der Waals surface area contributed by atoms with Gasteiger partial charge in [-0.2, -0.15) is 5.26 Å². The second kappa shape index (κ2) is 6.95. The Balaban J connectivity index is 2.05. The zero-order chi connectivity index (χ0) is 15.9. The molecule has 0 aliphatic carbocycles. The van der Waals surface area contributed by atoms with Crippen molar-refractivity contribution >= 4 is 17.3 Å². The van der Waals surface area contributed by atoms with Crippen LogP contribution in [0.5, 0.6) is 5.75 Å². The second-order valence-corrected chi connectivity index (χ2v) is 4.68. The highest BCUT2D eigenvalue weighted by molar-refractivity contribution is 6.06. The van der Waals surface area contributed by atoms with E-state index in [0.717, 1.165) is 5.56 Å². The van der Waals surface area contributed by atoms with Crippen LogP contribution in [0.4, 0.5) is 11.4 Å². The van der Waals surface area contributed by atoms with Gasteiger partial charge in [0.1, 0.15) is 17.4 Å². The van der Waals surface area contributed by atoms with Crippen LogP contribution in [0, 0.1) is 18.3 Å². The fourth-order valence-corrected chi connectivity index (χ4v) is 1.70. The number of hydrogen-bond acceptors (Lipinski definition) is 4. The molecule has 22 heavy (non-hydrogen) atoms. The Labute approximate surface area is 128 Å². The standard InChI is InChI=1S/C17H15N3O2/c1-12-2-4-15(5-3-12)20-17(22)13(10-18)11-19-14-6-8-16(21)9-7-14/h2-9,11,19,21H,1H3,(H,20,22)/b13-11-. The average molecular weight is 293 g/mol. The Morgan fingerprint density at radius 3 is 2.27 bits per heavy atom. The molecule has 2 aromatic rings. The number of hydrogen-bond donors (Lipinski definition) is 3. The summed E-state index contributed by atoms with van der Waals surface area (Å²) in [7, 11) is 0. The molecule has 1 amide bonds. The van der Waals surface area contributed by atoms with Crippen molar-refractivity contribution < 1.29 is 9.90 Å². The number of nitriles is 1. The third-order valence-electron chi connectivity index (χ3n) is 2.92. The van der Waals surface area contributed by atoms with Crippen LogP contribution in [0.3, 0.4) is 0 Å². The molecule has 3 N–H and O–H groups in total. The normalized spacial score (nSPS) is 10.6. The van der Waals surface area contributed by atoms with Gasteiger partial charge < -0.3 is 15.7 Å². The third-order valence-corrected chi connectivity index (χ3v) is 2.92. The minimum absolute atomic E-state index is 0.0475. The fourth-order valence-electron chi connectivity index (χ4n) is 1.70. The van der Waals surface area contributed by atoms with Crippen molar-refractivity contribution in [2.75, 3.05) is 10.6 Å². The highest BCUT2D eigenvalue weighted by Gasteiger charge is 2.09. The lowest BCUT2D eigenvalue weighted by atomic mass is 10.2. The lowest BCUT2D eigenvalue weighted by Gasteiger charge is -2.05. The van der Waals surface area contributed by atoms with Crippen LogP contribution in [0.2, 0.25) is 0 Å². The summed E-state index contributed by atoms with van der Waals surface area (Å²) < 4.78 is 0. The van der Waals surface area contributed by atoms with Crippen molar-refractivity contribution in [1.82, 2.24) is 0 Å². The topological polar surface area (TPSA) is 85.2 Å². The Kier molecular flexibility index (Phi) is 4.78. The average Bonchev–Trinajstić information content (AvgIpc) is 2.52. The predicted molar refractivity (Wildman–Crippen MR) is 85.2 cm³/mol. The van der Waals surface area contributed by atoms with E-state index in [0.29, 0.717) is 11.4 Å². The molecule has 0 unspecified atom stereocenters. The lowest BCUT2D eigenvalue weighted by molar-refractivity contribution is -0.112. The number of aromatic hydroxyl groups is 1. The SMILES string of the molecule is Cc1ccc(NC(=O)/C(C#N)=C\Nc2ccc(O)cc2)cc1. The molecule has 0 saturated carbocycles. The molecular weight excluding hydrogens is 278 g/mol. The molecule has 5 nitrogen and oxygen atoms in total. The van der Waals surface area contributed by atoms with Crippen LogP contribution < -0.4 is 10.6 Å². The van der Waals surface area contributed by atoms with Gasteiger partial charge in [0.2, 0.25) is 0 Å². The van der Waals surface area contributed by atoms with E-state index < -0.39 is 5.91 Å². The largest absolute Gasteiger partial charge is 0.508 e. The number of anilines is 2. The first-order valence-electron chi connectivity index (χ1n) is 6.62. The number of rotatable bonds is 4. The molecule has 0 bridgehead atoms. The van der Waals surface area contributed by atoms with E-state index in [2.05, 4.69) is 10.6 Å². The molecule has 0 aliphatic rings. The number of nitrogens with one attached hydrogen (secondary N) is 2. The van der Waals surface area contributed by atoms with Crippen LogP contribution in [-0.2, 0) is 4.79 Å². The number of phenols is 1. The van der Waals surface area contributed by atoms with Gasteiger partial charge in [-0.15, -0.1) is 0 Å². The van der Waals surface area contributed by atoms with Crippen molar-refractivity contribution in [2.45, 2.75) is 6.92 Å². The van der Waals surface area contributed by atoms with Gasteiger partial charge in [-0.3, -0.25) is 4.79 Å². The van der Waals surface area contributed by atoms with Gasteiger partial charge in [0.15, 0.2) is 0 Å². The first kappa shape index (κ1) is 15.1. The maximum Gasteiger partial charge on any atom is 0.267 e. The molecule has 0 heterocycles. The maximum atomic E-state index is 12.0. The number of benzene rings is 2. The smallest absolute Gasteiger partial charge is 0.267 e. The zero-order valence-electron chi connectivity index (χ0n) is 12.0. The zero-order valence-corrected chi connectivity index (χ0v) is 12.0. The van der Waals surface area contributed by atoms with Gasteiger partial charge in [0, 0.05) is 17.6 Å². The summed E-state index contributed by atoms with van der Waals surface area (Å²) in [6.45, 7) is 1.95. The lowest BCUT2D eigenvalue weighted by Crippen LogP contribution is -2.14. The van der Waals surface area contributed by atoms with Crippen molar-refractivity contribution in [3.05, 3.63) is 65.9 Å². The molecule has 0 aromatic heterocycles. The van der Waals surface area contributed by atoms with Crippen molar-refractivity contribution in [1.29, 1.82) is 5.26 Å². The van der Waals surface area contributed by atoms with Gasteiger partial charge in [-0.25, -0.2) is 0 Å². The monoisotopic (exact) mass is 293 g/mol. The van der Waals surface area contributed by atoms with Crippen LogP contribution in [-0.4, -0.2) is 11.0 Å². The summed E-state index contributed by atoms with van der Waals surface area (Å²) in [6, 6.07) is 15.4. The Morgan fingerprint density at radius 1 is 1.09 bits per heavy atom. The number of nitrogens with zero attached hydrogens (tertiary/aromatic N) is 1. The first-order valence-corrected chi connectivity index (χ1v) is 6.62. The van der Waals surface area contributed by atoms with Gasteiger partial charge in [-0.1, -0.05) is 17.7 Å². The van der Waals surface area contributed by atoms with Crippen molar-refractivity contribution in [3.63, 3.8) is 0 Å². The van der Waals surface area contributed by atoms with Crippen LogP contribution in [0.15, 0.2) is 60.3 Å². The molecule has 0 saturated heterocycles.